The molecule has 1 N–H and O–H groups in total. The van der Waals surface area contributed by atoms with Crippen molar-refractivity contribution >= 4 is 27.7 Å². The maximum absolute atomic E-state index is 12.4. The van der Waals surface area contributed by atoms with Crippen LogP contribution < -0.4 is 5.32 Å². The van der Waals surface area contributed by atoms with Gasteiger partial charge >= 0.3 is 0 Å². The molecule has 0 aromatic heterocycles. The number of nitrogens with one attached hydrogen (secondary N) is 1. The lowest BCUT2D eigenvalue weighted by atomic mass is 9.94. The molecule has 1 aromatic carbocycles. The zero-order valence-electron chi connectivity index (χ0n) is 14.1. The van der Waals surface area contributed by atoms with Gasteiger partial charge in [-0.25, -0.2) is 0 Å². The van der Waals surface area contributed by atoms with Crippen molar-refractivity contribution in [3.05, 3.63) is 34.3 Å². The highest BCUT2D eigenvalue weighted by Crippen LogP contribution is 2.20. The minimum Gasteiger partial charge on any atom is -0.351 e. The fourth-order valence-electron chi connectivity index (χ4n) is 2.75. The van der Waals surface area contributed by atoms with Gasteiger partial charge in [-0.2, -0.15) is 0 Å². The Morgan fingerprint density at radius 1 is 1.17 bits per heavy atom. The predicted molar refractivity (Wildman–Crippen MR) is 95.0 cm³/mol. The van der Waals surface area contributed by atoms with Gasteiger partial charge in [-0.1, -0.05) is 28.1 Å². The van der Waals surface area contributed by atoms with Crippen LogP contribution in [0.5, 0.6) is 0 Å². The van der Waals surface area contributed by atoms with Crippen molar-refractivity contribution in [3.63, 3.8) is 0 Å². The molecule has 2 rings (SSSR count). The van der Waals surface area contributed by atoms with Crippen LogP contribution in [0.4, 0.5) is 0 Å². The van der Waals surface area contributed by atoms with Gasteiger partial charge in [-0.3, -0.25) is 9.59 Å². The van der Waals surface area contributed by atoms with E-state index >= 15 is 0 Å². The van der Waals surface area contributed by atoms with Crippen molar-refractivity contribution < 1.29 is 9.59 Å². The quantitative estimate of drug-likeness (QED) is 0.875. The lowest BCUT2D eigenvalue weighted by Crippen LogP contribution is -2.48. The number of hydrogen-bond donors (Lipinski definition) is 1. The van der Waals surface area contributed by atoms with E-state index in [1.165, 1.54) is 0 Å². The van der Waals surface area contributed by atoms with Crippen LogP contribution in [0.3, 0.4) is 0 Å². The van der Waals surface area contributed by atoms with Crippen LogP contribution in [0, 0.1) is 5.92 Å². The number of amides is 2. The maximum Gasteiger partial charge on any atom is 0.226 e. The summed E-state index contributed by atoms with van der Waals surface area (Å²) in [5.74, 6) is 0.269. The molecular weight excluding hydrogens is 356 g/mol. The van der Waals surface area contributed by atoms with Gasteiger partial charge in [-0.05, 0) is 51.3 Å². The molecule has 4 nitrogen and oxygen atoms in total. The van der Waals surface area contributed by atoms with Gasteiger partial charge in [0.25, 0.3) is 0 Å². The van der Waals surface area contributed by atoms with E-state index in [-0.39, 0.29) is 23.3 Å². The third-order valence-corrected chi connectivity index (χ3v) is 4.51. The van der Waals surface area contributed by atoms with Gasteiger partial charge in [0.15, 0.2) is 0 Å². The monoisotopic (exact) mass is 380 g/mol. The van der Waals surface area contributed by atoms with Crippen molar-refractivity contribution in [3.8, 4) is 0 Å². The molecule has 0 radical (unpaired) electrons. The Hall–Kier alpha value is -1.36. The van der Waals surface area contributed by atoms with E-state index in [1.54, 1.807) is 0 Å². The van der Waals surface area contributed by atoms with E-state index in [0.29, 0.717) is 19.5 Å². The average Bonchev–Trinajstić information content (AvgIpc) is 2.48. The minimum atomic E-state index is -0.203. The van der Waals surface area contributed by atoms with Crippen molar-refractivity contribution in [1.29, 1.82) is 0 Å². The largest absolute Gasteiger partial charge is 0.351 e. The van der Waals surface area contributed by atoms with E-state index in [4.69, 9.17) is 0 Å². The Morgan fingerprint density at radius 3 is 2.26 bits per heavy atom. The molecule has 0 saturated carbocycles. The Bertz CT molecular complexity index is 555. The number of nitrogens with zero attached hydrogens (tertiary/aromatic N) is 1. The molecule has 1 heterocycles. The van der Waals surface area contributed by atoms with E-state index in [0.717, 1.165) is 22.9 Å². The maximum atomic E-state index is 12.4. The molecule has 1 aliphatic rings. The van der Waals surface area contributed by atoms with Crippen LogP contribution in [-0.2, 0) is 16.0 Å². The van der Waals surface area contributed by atoms with E-state index in [2.05, 4.69) is 21.2 Å². The standard InChI is InChI=1S/C18H25BrN2O2/c1-18(2,3)20-17(23)14-8-10-21(11-9-14)16(22)12-13-4-6-15(19)7-5-13/h4-7,14H,8-12H2,1-3H3,(H,20,23). The molecule has 0 atom stereocenters. The fraction of sp³-hybridized carbons (Fsp3) is 0.556. The highest BCUT2D eigenvalue weighted by Gasteiger charge is 2.28. The summed E-state index contributed by atoms with van der Waals surface area (Å²) >= 11 is 3.40. The first kappa shape index (κ1) is 18.0. The molecule has 1 fully saturated rings. The minimum absolute atomic E-state index is 0.0194. The number of piperidine rings is 1. The molecule has 126 valence electrons. The Morgan fingerprint density at radius 2 is 1.74 bits per heavy atom. The van der Waals surface area contributed by atoms with Crippen LogP contribution in [-0.4, -0.2) is 35.3 Å². The van der Waals surface area contributed by atoms with Gasteiger partial charge in [0.1, 0.15) is 0 Å². The van der Waals surface area contributed by atoms with E-state index < -0.39 is 0 Å². The summed E-state index contributed by atoms with van der Waals surface area (Å²) in [4.78, 5) is 26.4. The Kier molecular flexibility index (Phi) is 5.84. The summed E-state index contributed by atoms with van der Waals surface area (Å²) in [6.07, 6.45) is 1.91. The number of likely N-dealkylation sites (tertiary alicyclic amines) is 1. The van der Waals surface area contributed by atoms with Crippen LogP contribution in [0.1, 0.15) is 39.2 Å². The third-order valence-electron chi connectivity index (χ3n) is 3.99. The molecule has 23 heavy (non-hydrogen) atoms. The molecule has 1 aliphatic heterocycles. The van der Waals surface area contributed by atoms with Crippen molar-refractivity contribution in [2.75, 3.05) is 13.1 Å². The lowest BCUT2D eigenvalue weighted by molar-refractivity contribution is -0.135. The van der Waals surface area contributed by atoms with Gasteiger partial charge in [-0.15, -0.1) is 0 Å². The molecule has 0 unspecified atom stereocenters. The van der Waals surface area contributed by atoms with Crippen molar-refractivity contribution in [2.45, 2.75) is 45.6 Å². The molecule has 5 heteroatoms. The number of hydrogen-bond acceptors (Lipinski definition) is 2. The Balaban J connectivity index is 1.83. The second kappa shape index (κ2) is 7.47. The zero-order valence-corrected chi connectivity index (χ0v) is 15.6. The molecule has 0 aliphatic carbocycles. The molecule has 1 saturated heterocycles. The van der Waals surface area contributed by atoms with Gasteiger partial charge in [0.05, 0.1) is 6.42 Å². The number of rotatable bonds is 3. The molecule has 1 aromatic rings. The molecule has 0 spiro atoms. The summed E-state index contributed by atoms with van der Waals surface area (Å²) in [7, 11) is 0. The number of carbonyl (C=O) groups is 2. The summed E-state index contributed by atoms with van der Waals surface area (Å²) in [6.45, 7) is 7.29. The zero-order chi connectivity index (χ0) is 17.0. The van der Waals surface area contributed by atoms with Crippen LogP contribution in [0.15, 0.2) is 28.7 Å². The number of halogens is 1. The van der Waals surface area contributed by atoms with Crippen molar-refractivity contribution in [2.24, 2.45) is 5.92 Å². The molecule has 2 amide bonds. The second-order valence-electron chi connectivity index (χ2n) is 7.20. The van der Waals surface area contributed by atoms with Crippen LogP contribution in [0.25, 0.3) is 0 Å². The third kappa shape index (κ3) is 5.65. The number of benzene rings is 1. The van der Waals surface area contributed by atoms with Crippen molar-refractivity contribution in [1.82, 2.24) is 10.2 Å². The van der Waals surface area contributed by atoms with E-state index in [1.807, 2.05) is 49.9 Å². The SMILES string of the molecule is CC(C)(C)NC(=O)C1CCN(C(=O)Cc2ccc(Br)cc2)CC1. The highest BCUT2D eigenvalue weighted by molar-refractivity contribution is 9.10. The fourth-order valence-corrected chi connectivity index (χ4v) is 3.02. The first-order valence-corrected chi connectivity index (χ1v) is 8.88. The van der Waals surface area contributed by atoms with Gasteiger partial charge in [0, 0.05) is 29.0 Å². The summed E-state index contributed by atoms with van der Waals surface area (Å²) in [5, 5.41) is 3.03. The number of carbonyl (C=O) groups excluding carboxylic acids is 2. The lowest BCUT2D eigenvalue weighted by Gasteiger charge is -2.33. The second-order valence-corrected chi connectivity index (χ2v) is 8.11. The molecule has 0 bridgehead atoms. The van der Waals surface area contributed by atoms with Crippen LogP contribution >= 0.6 is 15.9 Å². The van der Waals surface area contributed by atoms with Gasteiger partial charge < -0.3 is 10.2 Å². The Labute approximate surface area is 146 Å². The van der Waals surface area contributed by atoms with Crippen LogP contribution in [0.2, 0.25) is 0 Å². The molecular formula is C18H25BrN2O2. The normalized spacial score (nSPS) is 16.3. The topological polar surface area (TPSA) is 49.4 Å². The summed E-state index contributed by atoms with van der Waals surface area (Å²) in [6, 6.07) is 7.83. The van der Waals surface area contributed by atoms with Gasteiger partial charge in [0.2, 0.25) is 11.8 Å². The predicted octanol–water partition coefficient (Wildman–Crippen LogP) is 3.14. The highest BCUT2D eigenvalue weighted by atomic mass is 79.9. The first-order chi connectivity index (χ1) is 10.7. The smallest absolute Gasteiger partial charge is 0.226 e. The first-order valence-electron chi connectivity index (χ1n) is 8.09. The average molecular weight is 381 g/mol. The summed E-state index contributed by atoms with van der Waals surface area (Å²) in [5.41, 5.74) is 0.817. The summed E-state index contributed by atoms with van der Waals surface area (Å²) < 4.78 is 1.01. The van der Waals surface area contributed by atoms with E-state index in [9.17, 15) is 9.59 Å².